The predicted molar refractivity (Wildman–Crippen MR) is 61.5 cm³/mol. The van der Waals surface area contributed by atoms with Gasteiger partial charge in [-0.15, -0.1) is 0 Å². The van der Waals surface area contributed by atoms with E-state index in [1.165, 1.54) is 0 Å². The SMILES string of the molecule is N#CCC1=C(NCc2ccccc2)COC1=O. The van der Waals surface area contributed by atoms with Gasteiger partial charge in [0.15, 0.2) is 0 Å². The first kappa shape index (κ1) is 11.2. The second-order valence-electron chi connectivity index (χ2n) is 3.71. The Labute approximate surface area is 99.5 Å². The molecule has 1 N–H and O–H groups in total. The Morgan fingerprint density at radius 3 is 2.82 bits per heavy atom. The number of hydrogen-bond acceptors (Lipinski definition) is 4. The Bertz CT molecular complexity index is 486. The van der Waals surface area contributed by atoms with Gasteiger partial charge in [-0.2, -0.15) is 5.26 Å². The van der Waals surface area contributed by atoms with Gasteiger partial charge >= 0.3 is 5.97 Å². The van der Waals surface area contributed by atoms with Crippen molar-refractivity contribution in [3.8, 4) is 6.07 Å². The van der Waals surface area contributed by atoms with Gasteiger partial charge in [0.1, 0.15) is 6.61 Å². The molecule has 0 amide bonds. The summed E-state index contributed by atoms with van der Waals surface area (Å²) < 4.78 is 4.89. The van der Waals surface area contributed by atoms with Crippen LogP contribution in [0.3, 0.4) is 0 Å². The van der Waals surface area contributed by atoms with Gasteiger partial charge in [-0.3, -0.25) is 0 Å². The number of nitriles is 1. The molecule has 1 aromatic carbocycles. The summed E-state index contributed by atoms with van der Waals surface area (Å²) in [5.41, 5.74) is 2.29. The molecular weight excluding hydrogens is 216 g/mol. The average molecular weight is 228 g/mol. The summed E-state index contributed by atoms with van der Waals surface area (Å²) in [6.07, 6.45) is 0.0932. The van der Waals surface area contributed by atoms with Crippen LogP contribution in [0.2, 0.25) is 0 Å². The highest BCUT2D eigenvalue weighted by Crippen LogP contribution is 2.17. The largest absolute Gasteiger partial charge is 0.456 e. The first-order valence-electron chi connectivity index (χ1n) is 5.35. The summed E-state index contributed by atoms with van der Waals surface area (Å²) in [4.78, 5) is 11.3. The van der Waals surface area contributed by atoms with Crippen LogP contribution in [0.5, 0.6) is 0 Å². The summed E-state index contributed by atoms with van der Waals surface area (Å²) >= 11 is 0. The van der Waals surface area contributed by atoms with Crippen LogP contribution in [0.15, 0.2) is 41.6 Å². The number of esters is 1. The number of benzene rings is 1. The number of carbonyl (C=O) groups is 1. The number of rotatable bonds is 4. The molecule has 1 heterocycles. The Balaban J connectivity index is 2.03. The van der Waals surface area contributed by atoms with Gasteiger partial charge in [0, 0.05) is 6.54 Å². The smallest absolute Gasteiger partial charge is 0.337 e. The van der Waals surface area contributed by atoms with E-state index >= 15 is 0 Å². The van der Waals surface area contributed by atoms with E-state index in [-0.39, 0.29) is 19.0 Å². The molecule has 0 saturated heterocycles. The van der Waals surface area contributed by atoms with Crippen LogP contribution in [0.25, 0.3) is 0 Å². The second-order valence-corrected chi connectivity index (χ2v) is 3.71. The molecule has 0 fully saturated rings. The summed E-state index contributed by atoms with van der Waals surface area (Å²) in [6, 6.07) is 11.8. The maximum atomic E-state index is 11.3. The van der Waals surface area contributed by atoms with Crippen LogP contribution in [0.1, 0.15) is 12.0 Å². The highest BCUT2D eigenvalue weighted by Gasteiger charge is 2.24. The van der Waals surface area contributed by atoms with Gasteiger partial charge in [0.2, 0.25) is 0 Å². The standard InChI is InChI=1S/C13H12N2O2/c14-7-6-11-12(9-17-13(11)16)15-8-10-4-2-1-3-5-10/h1-5,15H,6,8-9H2. The molecule has 0 spiro atoms. The zero-order valence-corrected chi connectivity index (χ0v) is 9.27. The van der Waals surface area contributed by atoms with Gasteiger partial charge < -0.3 is 10.1 Å². The Hall–Kier alpha value is -2.28. The number of nitrogens with zero attached hydrogens (tertiary/aromatic N) is 1. The van der Waals surface area contributed by atoms with Crippen LogP contribution in [0.4, 0.5) is 0 Å². The lowest BCUT2D eigenvalue weighted by atomic mass is 10.1. The third kappa shape index (κ3) is 2.64. The number of carbonyl (C=O) groups excluding carboxylic acids is 1. The maximum Gasteiger partial charge on any atom is 0.337 e. The Kier molecular flexibility index (Phi) is 3.41. The van der Waals surface area contributed by atoms with Crippen LogP contribution in [-0.2, 0) is 16.1 Å². The van der Waals surface area contributed by atoms with E-state index in [0.717, 1.165) is 11.3 Å². The van der Waals surface area contributed by atoms with Crippen molar-refractivity contribution in [1.82, 2.24) is 5.32 Å². The summed E-state index contributed by atoms with van der Waals surface area (Å²) in [6.45, 7) is 0.865. The van der Waals surface area contributed by atoms with Crippen molar-refractivity contribution in [2.24, 2.45) is 0 Å². The number of hydrogen-bond donors (Lipinski definition) is 1. The summed E-state index contributed by atoms with van der Waals surface area (Å²) in [5.74, 6) is -0.387. The van der Waals surface area contributed by atoms with E-state index in [1.54, 1.807) is 0 Å². The Morgan fingerprint density at radius 2 is 2.12 bits per heavy atom. The number of nitrogens with one attached hydrogen (secondary N) is 1. The average Bonchev–Trinajstić information content (AvgIpc) is 2.70. The maximum absolute atomic E-state index is 11.3. The third-order valence-electron chi connectivity index (χ3n) is 2.56. The minimum Gasteiger partial charge on any atom is -0.456 e. The van der Waals surface area contributed by atoms with E-state index in [1.807, 2.05) is 36.4 Å². The molecular formula is C13H12N2O2. The quantitative estimate of drug-likeness (QED) is 0.793. The lowest BCUT2D eigenvalue weighted by Crippen LogP contribution is -2.15. The van der Waals surface area contributed by atoms with Crippen molar-refractivity contribution < 1.29 is 9.53 Å². The van der Waals surface area contributed by atoms with Crippen molar-refractivity contribution in [3.05, 3.63) is 47.2 Å². The van der Waals surface area contributed by atoms with Gasteiger partial charge in [0.05, 0.1) is 23.8 Å². The molecule has 0 unspecified atom stereocenters. The van der Waals surface area contributed by atoms with Crippen LogP contribution < -0.4 is 5.32 Å². The van der Waals surface area contributed by atoms with E-state index < -0.39 is 0 Å². The predicted octanol–water partition coefficient (Wildman–Crippen LogP) is 1.50. The molecule has 2 rings (SSSR count). The summed E-state index contributed by atoms with van der Waals surface area (Å²) in [7, 11) is 0. The van der Waals surface area contributed by atoms with Crippen molar-refractivity contribution in [3.63, 3.8) is 0 Å². The van der Waals surface area contributed by atoms with Crippen molar-refractivity contribution in [2.75, 3.05) is 6.61 Å². The molecule has 1 aliphatic heterocycles. The first-order chi connectivity index (χ1) is 8.31. The first-order valence-corrected chi connectivity index (χ1v) is 5.35. The van der Waals surface area contributed by atoms with E-state index in [9.17, 15) is 4.79 Å². The van der Waals surface area contributed by atoms with Crippen molar-refractivity contribution in [1.29, 1.82) is 5.26 Å². The Morgan fingerprint density at radius 1 is 1.35 bits per heavy atom. The topological polar surface area (TPSA) is 62.1 Å². The monoisotopic (exact) mass is 228 g/mol. The highest BCUT2D eigenvalue weighted by atomic mass is 16.5. The zero-order chi connectivity index (χ0) is 12.1. The van der Waals surface area contributed by atoms with Gasteiger partial charge in [0.25, 0.3) is 0 Å². The molecule has 4 nitrogen and oxygen atoms in total. The van der Waals surface area contributed by atoms with Gasteiger partial charge in [-0.05, 0) is 5.56 Å². The molecule has 0 saturated carbocycles. The molecule has 17 heavy (non-hydrogen) atoms. The van der Waals surface area contributed by atoms with E-state index in [2.05, 4.69) is 5.32 Å². The summed E-state index contributed by atoms with van der Waals surface area (Å²) in [5, 5.41) is 11.8. The minimum atomic E-state index is -0.387. The molecule has 0 aromatic heterocycles. The van der Waals surface area contributed by atoms with E-state index in [4.69, 9.17) is 10.00 Å². The fourth-order valence-corrected chi connectivity index (χ4v) is 1.66. The van der Waals surface area contributed by atoms with Crippen LogP contribution in [0, 0.1) is 11.3 Å². The van der Waals surface area contributed by atoms with E-state index in [0.29, 0.717) is 12.1 Å². The fourth-order valence-electron chi connectivity index (χ4n) is 1.66. The fraction of sp³-hybridized carbons (Fsp3) is 0.231. The van der Waals surface area contributed by atoms with Crippen molar-refractivity contribution >= 4 is 5.97 Å². The molecule has 1 aliphatic rings. The molecule has 1 aromatic rings. The molecule has 0 bridgehead atoms. The third-order valence-corrected chi connectivity index (χ3v) is 2.56. The number of ether oxygens (including phenoxy) is 1. The van der Waals surface area contributed by atoms with Crippen molar-refractivity contribution in [2.45, 2.75) is 13.0 Å². The van der Waals surface area contributed by atoms with Crippen LogP contribution in [-0.4, -0.2) is 12.6 Å². The second kappa shape index (κ2) is 5.17. The van der Waals surface area contributed by atoms with Crippen LogP contribution >= 0.6 is 0 Å². The molecule has 4 heteroatoms. The lowest BCUT2D eigenvalue weighted by molar-refractivity contribution is -0.136. The zero-order valence-electron chi connectivity index (χ0n) is 9.27. The molecule has 0 aliphatic carbocycles. The van der Waals surface area contributed by atoms with Gasteiger partial charge in [-0.25, -0.2) is 4.79 Å². The minimum absolute atomic E-state index is 0.0932. The molecule has 0 atom stereocenters. The van der Waals surface area contributed by atoms with Gasteiger partial charge in [-0.1, -0.05) is 30.3 Å². The number of cyclic esters (lactones) is 1. The highest BCUT2D eigenvalue weighted by molar-refractivity contribution is 5.92. The normalized spacial score (nSPS) is 14.4. The lowest BCUT2D eigenvalue weighted by Gasteiger charge is -2.06. The molecule has 86 valence electrons. The molecule has 0 radical (unpaired) electrons.